The smallest absolute Gasteiger partial charge is 0.358 e. The van der Waals surface area contributed by atoms with Crippen LogP contribution < -0.4 is 4.74 Å². The summed E-state index contributed by atoms with van der Waals surface area (Å²) in [6.45, 7) is 0. The van der Waals surface area contributed by atoms with E-state index in [2.05, 4.69) is 20.9 Å². The van der Waals surface area contributed by atoms with Crippen molar-refractivity contribution in [1.82, 2.24) is 4.98 Å². The van der Waals surface area contributed by atoms with E-state index >= 15 is 0 Å². The molecule has 2 aromatic rings. The summed E-state index contributed by atoms with van der Waals surface area (Å²) in [5.74, 6) is -1.10. The van der Waals surface area contributed by atoms with Gasteiger partial charge in [0.15, 0.2) is 11.4 Å². The maximum absolute atomic E-state index is 11.0. The van der Waals surface area contributed by atoms with Crippen LogP contribution in [0.25, 0.3) is 0 Å². The minimum Gasteiger partial charge on any atom is -0.476 e. The first kappa shape index (κ1) is 13.9. The second kappa shape index (κ2) is 5.66. The molecule has 0 saturated carbocycles. The summed E-state index contributed by atoms with van der Waals surface area (Å²) in [7, 11) is 0. The van der Waals surface area contributed by atoms with Crippen molar-refractivity contribution in [3.63, 3.8) is 0 Å². The Morgan fingerprint density at radius 2 is 2.15 bits per heavy atom. The van der Waals surface area contributed by atoms with Crippen molar-refractivity contribution in [3.05, 3.63) is 56.8 Å². The van der Waals surface area contributed by atoms with Crippen molar-refractivity contribution in [1.29, 1.82) is 0 Å². The fourth-order valence-electron chi connectivity index (χ4n) is 1.47. The highest BCUT2D eigenvalue weighted by atomic mass is 79.9. The van der Waals surface area contributed by atoms with Crippen LogP contribution in [0, 0.1) is 10.1 Å². The van der Waals surface area contributed by atoms with Gasteiger partial charge in [-0.2, -0.15) is 0 Å². The van der Waals surface area contributed by atoms with Gasteiger partial charge >= 0.3 is 5.97 Å². The van der Waals surface area contributed by atoms with E-state index in [0.717, 1.165) is 0 Å². The highest BCUT2D eigenvalue weighted by molar-refractivity contribution is 9.10. The lowest BCUT2D eigenvalue weighted by Crippen LogP contribution is -2.02. The first-order valence-electron chi connectivity index (χ1n) is 5.28. The van der Waals surface area contributed by atoms with Gasteiger partial charge in [-0.1, -0.05) is 15.9 Å². The van der Waals surface area contributed by atoms with Gasteiger partial charge in [-0.25, -0.2) is 9.78 Å². The fourth-order valence-corrected chi connectivity index (χ4v) is 1.93. The predicted molar refractivity (Wildman–Crippen MR) is 72.1 cm³/mol. The highest BCUT2D eigenvalue weighted by Gasteiger charge is 2.15. The zero-order chi connectivity index (χ0) is 14.7. The van der Waals surface area contributed by atoms with E-state index in [9.17, 15) is 14.9 Å². The van der Waals surface area contributed by atoms with Crippen LogP contribution in [0.5, 0.6) is 11.5 Å². The molecule has 1 aromatic heterocycles. The quantitative estimate of drug-likeness (QED) is 0.678. The molecule has 2 rings (SSSR count). The van der Waals surface area contributed by atoms with E-state index in [1.165, 1.54) is 36.5 Å². The van der Waals surface area contributed by atoms with Crippen LogP contribution >= 0.6 is 15.9 Å². The van der Waals surface area contributed by atoms with Crippen LogP contribution in [0.4, 0.5) is 5.69 Å². The summed E-state index contributed by atoms with van der Waals surface area (Å²) in [5.41, 5.74) is -0.440. The van der Waals surface area contributed by atoms with Gasteiger partial charge in [0.2, 0.25) is 0 Å². The summed E-state index contributed by atoms with van der Waals surface area (Å²) < 4.78 is 5.81. The van der Waals surface area contributed by atoms with Gasteiger partial charge in [0.25, 0.3) is 5.69 Å². The van der Waals surface area contributed by atoms with Gasteiger partial charge in [0, 0.05) is 16.7 Å². The molecular formula is C12H7BrN2O5. The Morgan fingerprint density at radius 1 is 1.40 bits per heavy atom. The number of ether oxygens (including phenoxy) is 1. The number of nitrogens with zero attached hydrogens (tertiary/aromatic N) is 2. The molecule has 102 valence electrons. The number of halogens is 1. The van der Waals surface area contributed by atoms with Gasteiger partial charge in [0.05, 0.1) is 11.0 Å². The number of hydrogen-bond acceptors (Lipinski definition) is 5. The van der Waals surface area contributed by atoms with Crippen molar-refractivity contribution >= 4 is 27.6 Å². The fraction of sp³-hybridized carbons (Fsp3) is 0. The molecule has 0 unspecified atom stereocenters. The summed E-state index contributed by atoms with van der Waals surface area (Å²) >= 11 is 3.13. The van der Waals surface area contributed by atoms with Crippen molar-refractivity contribution in [2.45, 2.75) is 0 Å². The van der Waals surface area contributed by atoms with Crippen LogP contribution in [0.1, 0.15) is 10.5 Å². The first-order chi connectivity index (χ1) is 9.47. The Labute approximate surface area is 121 Å². The Morgan fingerprint density at radius 3 is 2.80 bits per heavy atom. The normalized spacial score (nSPS) is 10.1. The third kappa shape index (κ3) is 3.09. The number of carbonyl (C=O) groups is 1. The maximum atomic E-state index is 11.0. The van der Waals surface area contributed by atoms with Gasteiger partial charge < -0.3 is 9.84 Å². The molecule has 0 aliphatic heterocycles. The molecule has 0 aliphatic rings. The van der Waals surface area contributed by atoms with Crippen molar-refractivity contribution in [2.75, 3.05) is 0 Å². The minimum absolute atomic E-state index is 0.00685. The standard InChI is InChI=1S/C12H7BrN2O5/c13-7-4-8(15(18)19)6-9(5-7)20-10-2-1-3-14-11(10)12(16)17/h1-6H,(H,16,17). The maximum Gasteiger partial charge on any atom is 0.358 e. The molecule has 0 fully saturated rings. The van der Waals surface area contributed by atoms with E-state index in [4.69, 9.17) is 9.84 Å². The SMILES string of the molecule is O=C(O)c1ncccc1Oc1cc(Br)cc([N+](=O)[O-])c1. The number of benzene rings is 1. The van der Waals surface area contributed by atoms with Gasteiger partial charge in [-0.3, -0.25) is 10.1 Å². The van der Waals surface area contributed by atoms with Crippen LogP contribution in [-0.2, 0) is 0 Å². The highest BCUT2D eigenvalue weighted by Crippen LogP contribution is 2.30. The lowest BCUT2D eigenvalue weighted by molar-refractivity contribution is -0.385. The van der Waals surface area contributed by atoms with E-state index in [0.29, 0.717) is 4.47 Å². The van der Waals surface area contributed by atoms with E-state index in [-0.39, 0.29) is 22.9 Å². The molecule has 0 spiro atoms. The Balaban J connectivity index is 2.40. The lowest BCUT2D eigenvalue weighted by atomic mass is 10.3. The van der Waals surface area contributed by atoms with Gasteiger partial charge in [-0.15, -0.1) is 0 Å². The summed E-state index contributed by atoms with van der Waals surface area (Å²) in [5, 5.41) is 19.7. The molecule has 0 bridgehead atoms. The molecule has 0 radical (unpaired) electrons. The topological polar surface area (TPSA) is 103 Å². The molecule has 1 heterocycles. The van der Waals surface area contributed by atoms with E-state index in [1.807, 2.05) is 0 Å². The Kier molecular flexibility index (Phi) is 3.94. The molecule has 1 aromatic carbocycles. The zero-order valence-corrected chi connectivity index (χ0v) is 11.4. The zero-order valence-electron chi connectivity index (χ0n) is 9.82. The summed E-state index contributed by atoms with van der Waals surface area (Å²) in [6, 6.07) is 6.93. The summed E-state index contributed by atoms with van der Waals surface area (Å²) in [6.07, 6.45) is 1.32. The predicted octanol–water partition coefficient (Wildman–Crippen LogP) is 3.24. The monoisotopic (exact) mass is 338 g/mol. The first-order valence-corrected chi connectivity index (χ1v) is 6.08. The number of non-ortho nitro benzene ring substituents is 1. The van der Waals surface area contributed by atoms with Gasteiger partial charge in [0.1, 0.15) is 5.75 Å². The molecular weight excluding hydrogens is 332 g/mol. The summed E-state index contributed by atoms with van der Waals surface area (Å²) in [4.78, 5) is 24.9. The van der Waals surface area contributed by atoms with Crippen LogP contribution in [0.3, 0.4) is 0 Å². The number of nitro groups is 1. The van der Waals surface area contributed by atoms with E-state index in [1.54, 1.807) is 0 Å². The lowest BCUT2D eigenvalue weighted by Gasteiger charge is -2.08. The number of pyridine rings is 1. The number of rotatable bonds is 4. The molecule has 1 N–H and O–H groups in total. The molecule has 0 amide bonds. The Bertz CT molecular complexity index is 689. The average Bonchev–Trinajstić information content (AvgIpc) is 2.38. The molecule has 8 heteroatoms. The molecule has 0 atom stereocenters. The third-order valence-corrected chi connectivity index (χ3v) is 2.73. The number of hydrogen-bond donors (Lipinski definition) is 1. The number of carboxylic acids is 1. The largest absolute Gasteiger partial charge is 0.476 e. The van der Waals surface area contributed by atoms with E-state index < -0.39 is 10.9 Å². The third-order valence-electron chi connectivity index (χ3n) is 2.27. The number of carboxylic acid groups (broad SMARTS) is 1. The molecule has 7 nitrogen and oxygen atoms in total. The second-order valence-electron chi connectivity index (χ2n) is 3.66. The van der Waals surface area contributed by atoms with Crippen molar-refractivity contribution in [3.8, 4) is 11.5 Å². The van der Waals surface area contributed by atoms with Crippen molar-refractivity contribution in [2.24, 2.45) is 0 Å². The number of nitro benzene ring substituents is 1. The van der Waals surface area contributed by atoms with Crippen LogP contribution in [0.2, 0.25) is 0 Å². The minimum atomic E-state index is -1.25. The molecule has 0 aliphatic carbocycles. The molecule has 0 saturated heterocycles. The molecule has 20 heavy (non-hydrogen) atoms. The average molecular weight is 339 g/mol. The second-order valence-corrected chi connectivity index (χ2v) is 4.58. The number of aromatic carboxylic acids is 1. The number of aromatic nitrogens is 1. The van der Waals surface area contributed by atoms with Crippen molar-refractivity contribution < 1.29 is 19.6 Å². The van der Waals surface area contributed by atoms with Crippen LogP contribution in [-0.4, -0.2) is 21.0 Å². The van der Waals surface area contributed by atoms with Gasteiger partial charge in [-0.05, 0) is 18.2 Å². The van der Waals surface area contributed by atoms with Crippen LogP contribution in [0.15, 0.2) is 41.0 Å². The Hall–Kier alpha value is -2.48.